The molecule has 0 radical (unpaired) electrons. The molecule has 0 unspecified atom stereocenters. The predicted molar refractivity (Wildman–Crippen MR) is 73.4 cm³/mol. The van der Waals surface area contributed by atoms with Crippen LogP contribution in [-0.2, 0) is 16.0 Å². The van der Waals surface area contributed by atoms with Gasteiger partial charge in [0.15, 0.2) is 0 Å². The SMILES string of the molecule is CC(=O)N[C@H](Cc1ccc(O)c(I)c1)C(=O)O.O. The minimum atomic E-state index is -1.08. The fourth-order valence-electron chi connectivity index (χ4n) is 1.36. The van der Waals surface area contributed by atoms with Crippen LogP contribution in [0.25, 0.3) is 0 Å². The van der Waals surface area contributed by atoms with Crippen LogP contribution >= 0.6 is 22.6 Å². The molecule has 0 spiro atoms. The van der Waals surface area contributed by atoms with Crippen LogP contribution in [0, 0.1) is 3.57 Å². The van der Waals surface area contributed by atoms with Gasteiger partial charge in [-0.15, -0.1) is 0 Å². The Hall–Kier alpha value is -1.35. The molecule has 1 aromatic rings. The van der Waals surface area contributed by atoms with Crippen LogP contribution in [0.5, 0.6) is 5.75 Å². The number of aliphatic carboxylic acids is 1. The third kappa shape index (κ3) is 4.88. The Labute approximate surface area is 117 Å². The molecule has 0 saturated heterocycles. The van der Waals surface area contributed by atoms with Gasteiger partial charge in [-0.2, -0.15) is 0 Å². The number of phenolic OH excluding ortho intramolecular Hbond substituents is 1. The molecule has 0 aliphatic carbocycles. The van der Waals surface area contributed by atoms with Crippen molar-refractivity contribution in [2.75, 3.05) is 0 Å². The average Bonchev–Trinajstić information content (AvgIpc) is 2.21. The summed E-state index contributed by atoms with van der Waals surface area (Å²) in [6.07, 6.45) is 0.186. The Bertz CT molecular complexity index is 449. The number of nitrogens with one attached hydrogen (secondary N) is 1. The van der Waals surface area contributed by atoms with E-state index in [1.807, 2.05) is 22.6 Å². The molecule has 0 aromatic heterocycles. The van der Waals surface area contributed by atoms with Gasteiger partial charge in [0.05, 0.1) is 3.57 Å². The number of carboxylic acid groups (broad SMARTS) is 1. The minimum Gasteiger partial charge on any atom is -0.507 e. The lowest BCUT2D eigenvalue weighted by atomic mass is 10.1. The lowest BCUT2D eigenvalue weighted by Gasteiger charge is -2.13. The molecule has 0 heterocycles. The topological polar surface area (TPSA) is 118 Å². The second-order valence-electron chi connectivity index (χ2n) is 3.58. The number of carboxylic acids is 1. The van der Waals surface area contributed by atoms with E-state index in [2.05, 4.69) is 5.32 Å². The van der Waals surface area contributed by atoms with E-state index in [4.69, 9.17) is 5.11 Å². The molecule has 1 rings (SSSR count). The molecular weight excluding hydrogens is 353 g/mol. The molecule has 0 saturated carbocycles. The average molecular weight is 367 g/mol. The second-order valence-corrected chi connectivity index (χ2v) is 4.74. The van der Waals surface area contributed by atoms with E-state index >= 15 is 0 Å². The number of aromatic hydroxyl groups is 1. The first-order valence-electron chi connectivity index (χ1n) is 4.87. The summed E-state index contributed by atoms with van der Waals surface area (Å²) in [6, 6.07) is 3.88. The van der Waals surface area contributed by atoms with Crippen molar-refractivity contribution in [3.63, 3.8) is 0 Å². The summed E-state index contributed by atoms with van der Waals surface area (Å²) in [5.74, 6) is -1.31. The van der Waals surface area contributed by atoms with Crippen LogP contribution in [-0.4, -0.2) is 33.6 Å². The van der Waals surface area contributed by atoms with Crippen molar-refractivity contribution in [1.29, 1.82) is 0 Å². The molecular formula is C11H14INO5. The third-order valence-corrected chi connectivity index (χ3v) is 2.99. The number of benzene rings is 1. The van der Waals surface area contributed by atoms with Gasteiger partial charge in [-0.3, -0.25) is 4.79 Å². The zero-order valence-electron chi connectivity index (χ0n) is 9.61. The summed E-state index contributed by atoms with van der Waals surface area (Å²) in [6.45, 7) is 1.27. The van der Waals surface area contributed by atoms with Gasteiger partial charge in [0.1, 0.15) is 11.8 Å². The highest BCUT2D eigenvalue weighted by molar-refractivity contribution is 14.1. The van der Waals surface area contributed by atoms with Crippen molar-refractivity contribution in [3.8, 4) is 5.75 Å². The maximum Gasteiger partial charge on any atom is 0.326 e. The van der Waals surface area contributed by atoms with Gasteiger partial charge in [-0.25, -0.2) is 4.79 Å². The number of carbonyl (C=O) groups excluding carboxylic acids is 1. The first-order chi connectivity index (χ1) is 7.90. The molecule has 100 valence electrons. The van der Waals surface area contributed by atoms with Crippen molar-refractivity contribution in [2.24, 2.45) is 0 Å². The monoisotopic (exact) mass is 367 g/mol. The van der Waals surface area contributed by atoms with Gasteiger partial charge in [0.2, 0.25) is 5.91 Å². The fraction of sp³-hybridized carbons (Fsp3) is 0.273. The normalized spacial score (nSPS) is 11.2. The van der Waals surface area contributed by atoms with Gasteiger partial charge in [0.25, 0.3) is 0 Å². The molecule has 0 aliphatic rings. The zero-order chi connectivity index (χ0) is 13.0. The quantitative estimate of drug-likeness (QED) is 0.664. The maximum absolute atomic E-state index is 10.9. The van der Waals surface area contributed by atoms with E-state index in [-0.39, 0.29) is 23.6 Å². The number of hydrogen-bond acceptors (Lipinski definition) is 3. The van der Waals surface area contributed by atoms with Crippen LogP contribution in [0.2, 0.25) is 0 Å². The van der Waals surface area contributed by atoms with Crippen LogP contribution < -0.4 is 5.32 Å². The van der Waals surface area contributed by atoms with Crippen LogP contribution in [0.1, 0.15) is 12.5 Å². The summed E-state index contributed by atoms with van der Waals surface area (Å²) in [7, 11) is 0. The van der Waals surface area contributed by atoms with Gasteiger partial charge in [-0.05, 0) is 40.3 Å². The summed E-state index contributed by atoms with van der Waals surface area (Å²) in [5, 5.41) is 20.6. The van der Waals surface area contributed by atoms with E-state index in [0.717, 1.165) is 5.56 Å². The first kappa shape index (κ1) is 16.6. The molecule has 1 atom stereocenters. The summed E-state index contributed by atoms with van der Waals surface area (Å²) < 4.78 is 0.645. The predicted octanol–water partition coefficient (Wildman–Crippen LogP) is 0.304. The van der Waals surface area contributed by atoms with Crippen molar-refractivity contribution < 1.29 is 25.3 Å². The Morgan fingerprint density at radius 3 is 2.50 bits per heavy atom. The summed E-state index contributed by atoms with van der Waals surface area (Å²) in [5.41, 5.74) is 0.744. The fourth-order valence-corrected chi connectivity index (χ4v) is 1.94. The molecule has 0 bridgehead atoms. The zero-order valence-corrected chi connectivity index (χ0v) is 11.8. The molecule has 1 amide bonds. The van der Waals surface area contributed by atoms with Crippen molar-refractivity contribution in [1.82, 2.24) is 5.32 Å². The van der Waals surface area contributed by atoms with E-state index in [0.29, 0.717) is 3.57 Å². The lowest BCUT2D eigenvalue weighted by Crippen LogP contribution is -2.41. The van der Waals surface area contributed by atoms with Crippen molar-refractivity contribution >= 4 is 34.5 Å². The summed E-state index contributed by atoms with van der Waals surface area (Å²) in [4.78, 5) is 21.8. The Balaban J connectivity index is 0.00000289. The number of halogens is 1. The van der Waals surface area contributed by atoms with Gasteiger partial charge < -0.3 is 21.0 Å². The highest BCUT2D eigenvalue weighted by Crippen LogP contribution is 2.20. The Morgan fingerprint density at radius 1 is 1.44 bits per heavy atom. The highest BCUT2D eigenvalue weighted by atomic mass is 127. The van der Waals surface area contributed by atoms with E-state index in [9.17, 15) is 14.7 Å². The first-order valence-corrected chi connectivity index (χ1v) is 5.95. The molecule has 18 heavy (non-hydrogen) atoms. The summed E-state index contributed by atoms with van der Waals surface area (Å²) >= 11 is 1.95. The molecule has 1 aromatic carbocycles. The number of rotatable bonds is 4. The highest BCUT2D eigenvalue weighted by Gasteiger charge is 2.19. The molecule has 7 heteroatoms. The molecule has 5 N–H and O–H groups in total. The van der Waals surface area contributed by atoms with Crippen LogP contribution in [0.3, 0.4) is 0 Å². The van der Waals surface area contributed by atoms with Crippen LogP contribution in [0.4, 0.5) is 0 Å². The largest absolute Gasteiger partial charge is 0.507 e. The van der Waals surface area contributed by atoms with Gasteiger partial charge in [0, 0.05) is 13.3 Å². The Kier molecular flexibility index (Phi) is 6.63. The van der Waals surface area contributed by atoms with E-state index < -0.39 is 12.0 Å². The van der Waals surface area contributed by atoms with Crippen LogP contribution in [0.15, 0.2) is 18.2 Å². The van der Waals surface area contributed by atoms with E-state index in [1.54, 1.807) is 12.1 Å². The molecule has 0 fully saturated rings. The van der Waals surface area contributed by atoms with Gasteiger partial charge >= 0.3 is 5.97 Å². The molecule has 0 aliphatic heterocycles. The standard InChI is InChI=1S/C11H12INO4.H2O/c1-6(14)13-9(11(16)17)5-7-2-3-10(15)8(12)4-7;/h2-4,9,15H,5H2,1H3,(H,13,14)(H,16,17);1H2/t9-;/m1./s1. The Morgan fingerprint density at radius 2 is 2.06 bits per heavy atom. The lowest BCUT2D eigenvalue weighted by molar-refractivity contribution is -0.141. The smallest absolute Gasteiger partial charge is 0.326 e. The van der Waals surface area contributed by atoms with Crippen molar-refractivity contribution in [2.45, 2.75) is 19.4 Å². The van der Waals surface area contributed by atoms with Crippen molar-refractivity contribution in [3.05, 3.63) is 27.3 Å². The number of hydrogen-bond donors (Lipinski definition) is 3. The number of phenols is 1. The van der Waals surface area contributed by atoms with Gasteiger partial charge in [-0.1, -0.05) is 6.07 Å². The second kappa shape index (κ2) is 7.17. The minimum absolute atomic E-state index is 0. The molecule has 6 nitrogen and oxygen atoms in total. The van der Waals surface area contributed by atoms with E-state index in [1.165, 1.54) is 13.0 Å². The third-order valence-electron chi connectivity index (χ3n) is 2.13. The number of carbonyl (C=O) groups is 2. The number of amides is 1. The maximum atomic E-state index is 10.9.